The number of nitrogens with zero attached hydrogens (tertiary/aromatic N) is 6. The highest BCUT2D eigenvalue weighted by atomic mass is 15.0. The minimum Gasteiger partial charge on any atom is -0.208 e. The molecule has 0 radical (unpaired) electrons. The lowest BCUT2D eigenvalue weighted by Gasteiger charge is -2.31. The average molecular weight is 1080 g/mol. The van der Waals surface area contributed by atoms with E-state index >= 15 is 0 Å². The van der Waals surface area contributed by atoms with Gasteiger partial charge in [0, 0.05) is 33.4 Å². The largest absolute Gasteiger partial charge is 0.208 e. The predicted octanol–water partition coefficient (Wildman–Crippen LogP) is 19.1. The molecule has 396 valence electrons. The summed E-state index contributed by atoms with van der Waals surface area (Å²) in [6, 6.07) is 107. The third-order valence-corrected chi connectivity index (χ3v) is 16.8. The summed E-state index contributed by atoms with van der Waals surface area (Å²) >= 11 is 0. The number of hydrogen-bond donors (Lipinski definition) is 0. The van der Waals surface area contributed by atoms with Crippen LogP contribution in [-0.2, 0) is 5.41 Å². The molecule has 0 amide bonds. The van der Waals surface area contributed by atoms with Crippen molar-refractivity contribution in [2.45, 2.75) is 5.41 Å². The molecule has 0 fully saturated rings. The Labute approximate surface area is 493 Å². The molecule has 0 atom stereocenters. The van der Waals surface area contributed by atoms with Gasteiger partial charge in [-0.15, -0.1) is 0 Å². The van der Waals surface area contributed by atoms with Gasteiger partial charge in [0.15, 0.2) is 34.9 Å². The molecule has 12 aromatic carbocycles. The Morgan fingerprint density at radius 1 is 0.153 bits per heavy atom. The lowest BCUT2D eigenvalue weighted by Crippen LogP contribution is -2.26. The Kier molecular flexibility index (Phi) is 12.0. The molecule has 2 aliphatic rings. The highest BCUT2D eigenvalue weighted by Crippen LogP contribution is 2.63. The van der Waals surface area contributed by atoms with Crippen LogP contribution in [0.3, 0.4) is 0 Å². The van der Waals surface area contributed by atoms with E-state index in [1.807, 2.05) is 24.3 Å². The Morgan fingerprint density at radius 3 is 0.671 bits per heavy atom. The van der Waals surface area contributed by atoms with Crippen LogP contribution in [0.2, 0.25) is 0 Å². The van der Waals surface area contributed by atoms with E-state index < -0.39 is 5.41 Å². The zero-order valence-electron chi connectivity index (χ0n) is 46.1. The first-order chi connectivity index (χ1) is 42.1. The second-order valence-corrected chi connectivity index (χ2v) is 21.8. The van der Waals surface area contributed by atoms with Gasteiger partial charge in [0.25, 0.3) is 0 Å². The zero-order chi connectivity index (χ0) is 56.3. The van der Waals surface area contributed by atoms with Crippen LogP contribution in [0.15, 0.2) is 303 Å². The van der Waals surface area contributed by atoms with Crippen LogP contribution >= 0.6 is 0 Å². The van der Waals surface area contributed by atoms with Gasteiger partial charge >= 0.3 is 0 Å². The van der Waals surface area contributed by atoms with Gasteiger partial charge in [-0.25, -0.2) is 29.9 Å². The van der Waals surface area contributed by atoms with Crippen LogP contribution in [0.25, 0.3) is 135 Å². The summed E-state index contributed by atoms with van der Waals surface area (Å²) in [6.07, 6.45) is 0. The lowest BCUT2D eigenvalue weighted by molar-refractivity contribution is 0.794. The van der Waals surface area contributed by atoms with Gasteiger partial charge in [-0.3, -0.25) is 0 Å². The molecule has 14 aromatic rings. The summed E-state index contributed by atoms with van der Waals surface area (Å²) in [4.78, 5) is 32.2. The summed E-state index contributed by atoms with van der Waals surface area (Å²) in [5, 5.41) is 0. The molecule has 0 saturated heterocycles. The summed E-state index contributed by atoms with van der Waals surface area (Å²) < 4.78 is 0. The number of benzene rings is 12. The molecule has 85 heavy (non-hydrogen) atoms. The number of hydrogen-bond acceptors (Lipinski definition) is 6. The first-order valence-electron chi connectivity index (χ1n) is 28.7. The molecular formula is C79H50N6. The predicted molar refractivity (Wildman–Crippen MR) is 344 cm³/mol. The van der Waals surface area contributed by atoms with Crippen LogP contribution < -0.4 is 0 Å². The van der Waals surface area contributed by atoms with Crippen molar-refractivity contribution in [1.82, 2.24) is 29.9 Å². The third-order valence-electron chi connectivity index (χ3n) is 16.8. The molecule has 1 spiro atoms. The highest BCUT2D eigenvalue weighted by molar-refractivity contribution is 5.97. The van der Waals surface area contributed by atoms with Crippen molar-refractivity contribution >= 4 is 0 Å². The van der Waals surface area contributed by atoms with Crippen LogP contribution in [-0.4, -0.2) is 29.9 Å². The molecule has 2 aromatic heterocycles. The van der Waals surface area contributed by atoms with Gasteiger partial charge in [-0.1, -0.05) is 267 Å². The first kappa shape index (κ1) is 49.5. The minimum atomic E-state index is -0.733. The van der Waals surface area contributed by atoms with Crippen LogP contribution in [0.1, 0.15) is 22.3 Å². The second kappa shape index (κ2) is 20.6. The van der Waals surface area contributed by atoms with E-state index in [0.717, 1.165) is 100 Å². The molecule has 2 heterocycles. The molecule has 0 bridgehead atoms. The van der Waals surface area contributed by atoms with E-state index in [4.69, 9.17) is 29.9 Å². The molecule has 6 nitrogen and oxygen atoms in total. The molecular weight excluding hydrogens is 1030 g/mol. The lowest BCUT2D eigenvalue weighted by atomic mass is 9.70. The van der Waals surface area contributed by atoms with Crippen molar-refractivity contribution in [3.05, 3.63) is 326 Å². The number of rotatable bonds is 10. The molecule has 0 N–H and O–H groups in total. The minimum absolute atomic E-state index is 0.585. The van der Waals surface area contributed by atoms with Gasteiger partial charge in [-0.05, 0) is 125 Å². The van der Waals surface area contributed by atoms with Crippen molar-refractivity contribution in [2.24, 2.45) is 0 Å². The molecule has 6 heteroatoms. The Hall–Kier alpha value is -11.3. The van der Waals surface area contributed by atoms with Gasteiger partial charge in [0.05, 0.1) is 5.41 Å². The smallest absolute Gasteiger partial charge is 0.164 e. The SMILES string of the molecule is c1ccc(-c2cccc(-c3nc(-c4cccc(-c5ccccc5)c4)nc(-c4ccc5c(c4)C4(c6ccccc6-c6ccccc64)c4cc(-c6nc(-c7cccc(-c8ccccc8)c7)nc(-c7cccc(-c8ccccc8)c7)n6)ccc4-5)n3)c2)cc1. The quantitative estimate of drug-likeness (QED) is 0.136. The fraction of sp³-hybridized carbons (Fsp3) is 0.0127. The topological polar surface area (TPSA) is 77.3 Å². The van der Waals surface area contributed by atoms with Gasteiger partial charge < -0.3 is 0 Å². The maximum atomic E-state index is 5.41. The first-order valence-corrected chi connectivity index (χ1v) is 28.7. The van der Waals surface area contributed by atoms with Gasteiger partial charge in [0.1, 0.15) is 0 Å². The molecule has 0 saturated carbocycles. The highest BCUT2D eigenvalue weighted by Gasteiger charge is 2.52. The van der Waals surface area contributed by atoms with E-state index in [-0.39, 0.29) is 0 Å². The zero-order valence-corrected chi connectivity index (χ0v) is 46.1. The monoisotopic (exact) mass is 1080 g/mol. The number of aromatic nitrogens is 6. The molecule has 16 rings (SSSR count). The summed E-state index contributed by atoms with van der Waals surface area (Å²) in [5.74, 6) is 3.55. The van der Waals surface area contributed by atoms with Crippen LogP contribution in [0.5, 0.6) is 0 Å². The van der Waals surface area contributed by atoms with Crippen molar-refractivity contribution in [2.75, 3.05) is 0 Å². The van der Waals surface area contributed by atoms with E-state index in [1.165, 1.54) is 22.3 Å². The van der Waals surface area contributed by atoms with Crippen LogP contribution in [0, 0.1) is 0 Å². The van der Waals surface area contributed by atoms with Crippen molar-refractivity contribution in [3.63, 3.8) is 0 Å². The molecule has 2 aliphatic carbocycles. The average Bonchev–Trinajstić information content (AvgIpc) is 1.71. The summed E-state index contributed by atoms with van der Waals surface area (Å²) in [6.45, 7) is 0. The van der Waals surface area contributed by atoms with Gasteiger partial charge in [0.2, 0.25) is 0 Å². The fourth-order valence-corrected chi connectivity index (χ4v) is 12.8. The summed E-state index contributed by atoms with van der Waals surface area (Å²) in [7, 11) is 0. The van der Waals surface area contributed by atoms with E-state index in [9.17, 15) is 0 Å². The normalized spacial score (nSPS) is 12.3. The third kappa shape index (κ3) is 8.66. The van der Waals surface area contributed by atoms with Crippen molar-refractivity contribution < 1.29 is 0 Å². The van der Waals surface area contributed by atoms with E-state index in [1.54, 1.807) is 0 Å². The second-order valence-electron chi connectivity index (χ2n) is 21.8. The fourth-order valence-electron chi connectivity index (χ4n) is 12.8. The van der Waals surface area contributed by atoms with Crippen molar-refractivity contribution in [1.29, 1.82) is 0 Å². The van der Waals surface area contributed by atoms with Crippen molar-refractivity contribution in [3.8, 4) is 135 Å². The van der Waals surface area contributed by atoms with E-state index in [2.05, 4.69) is 279 Å². The Morgan fingerprint density at radius 2 is 0.376 bits per heavy atom. The Balaban J connectivity index is 0.888. The summed E-state index contributed by atoms with van der Waals surface area (Å²) in [5.41, 5.74) is 22.9. The van der Waals surface area contributed by atoms with E-state index in [0.29, 0.717) is 34.9 Å². The standard InChI is InChI=1S/C79H50N6/c1-5-21-51(22-6-1)55-29-17-33-59(45-55)73-80-74(60-34-18-30-56(46-60)52-23-7-2-8-24-52)83-77(82-73)63-41-43-67-68-44-42-64(50-72(68)79(71(67)49-63)69-39-15-13-37-65(69)66-38-14-16-40-70(66)79)78-84-75(61-35-19-31-57(47-61)53-25-9-3-10-26-53)81-76(85-78)62-36-20-32-58(48-62)54-27-11-4-12-28-54/h1-50H. The van der Waals surface area contributed by atoms with Crippen LogP contribution in [0.4, 0.5) is 0 Å². The number of fused-ring (bicyclic) bond motifs is 10. The maximum Gasteiger partial charge on any atom is 0.164 e. The van der Waals surface area contributed by atoms with Gasteiger partial charge in [-0.2, -0.15) is 0 Å². The molecule has 0 aliphatic heterocycles. The maximum absolute atomic E-state index is 5.41. The Bertz CT molecular complexity index is 4370. The molecule has 0 unspecified atom stereocenters.